The van der Waals surface area contributed by atoms with E-state index in [0.29, 0.717) is 0 Å². The zero-order valence-electron chi connectivity index (χ0n) is 13.0. The number of methoxy groups -OCH3 is 1. The van der Waals surface area contributed by atoms with Crippen molar-refractivity contribution >= 4 is 0 Å². The Morgan fingerprint density at radius 1 is 0.708 bits per heavy atom. The molecule has 0 bridgehead atoms. The Hall–Kier alpha value is -3.12. The molecule has 0 aromatic heterocycles. The van der Waals surface area contributed by atoms with E-state index in [0.717, 1.165) is 16.7 Å². The van der Waals surface area contributed by atoms with Crippen LogP contribution in [0.3, 0.4) is 0 Å². The fourth-order valence-corrected chi connectivity index (χ4v) is 2.30. The van der Waals surface area contributed by atoms with Crippen molar-refractivity contribution in [3.8, 4) is 28.7 Å². The maximum atomic E-state index is 13.9. The topological polar surface area (TPSA) is 9.23 Å². The van der Waals surface area contributed by atoms with E-state index in [1.165, 1.54) is 19.2 Å². The van der Waals surface area contributed by atoms with Crippen molar-refractivity contribution in [2.24, 2.45) is 0 Å². The molecule has 0 radical (unpaired) electrons. The van der Waals surface area contributed by atoms with E-state index >= 15 is 0 Å². The number of rotatable bonds is 2. The smallest absolute Gasteiger partial charge is 0.201 e. The van der Waals surface area contributed by atoms with Crippen LogP contribution in [-0.2, 0) is 0 Å². The van der Waals surface area contributed by atoms with E-state index in [4.69, 9.17) is 4.74 Å². The first-order valence-corrected chi connectivity index (χ1v) is 7.38. The minimum atomic E-state index is -1.02. The summed E-state index contributed by atoms with van der Waals surface area (Å²) >= 11 is 0. The van der Waals surface area contributed by atoms with Gasteiger partial charge in [0.05, 0.1) is 12.7 Å². The number of ether oxygens (including phenoxy) is 1. The lowest BCUT2D eigenvalue weighted by atomic mass is 10.0. The first-order valence-electron chi connectivity index (χ1n) is 7.38. The Balaban J connectivity index is 1.86. The lowest BCUT2D eigenvalue weighted by Gasteiger charge is -2.03. The summed E-state index contributed by atoms with van der Waals surface area (Å²) in [4.78, 5) is 0. The first kappa shape index (κ1) is 15.8. The van der Waals surface area contributed by atoms with Crippen molar-refractivity contribution in [1.29, 1.82) is 0 Å². The van der Waals surface area contributed by atoms with Crippen LogP contribution in [0.15, 0.2) is 66.7 Å². The molecule has 1 nitrogen and oxygen atoms in total. The molecule has 0 unspecified atom stereocenters. The molecule has 0 saturated carbocycles. The summed E-state index contributed by atoms with van der Waals surface area (Å²) in [6.07, 6.45) is 0. The van der Waals surface area contributed by atoms with Gasteiger partial charge < -0.3 is 4.74 Å². The molecule has 3 aromatic carbocycles. The third-order valence-electron chi connectivity index (χ3n) is 3.60. The van der Waals surface area contributed by atoms with Crippen molar-refractivity contribution in [2.75, 3.05) is 7.11 Å². The van der Waals surface area contributed by atoms with Gasteiger partial charge >= 0.3 is 0 Å². The van der Waals surface area contributed by atoms with Gasteiger partial charge in [0.25, 0.3) is 0 Å². The van der Waals surface area contributed by atoms with Gasteiger partial charge in [0, 0.05) is 5.56 Å². The molecule has 0 fully saturated rings. The summed E-state index contributed by atoms with van der Waals surface area (Å²) in [5.74, 6) is 3.35. The van der Waals surface area contributed by atoms with Crippen LogP contribution in [0.4, 0.5) is 8.78 Å². The third kappa shape index (κ3) is 3.28. The van der Waals surface area contributed by atoms with E-state index in [1.807, 2.05) is 54.6 Å². The fraction of sp³-hybridized carbons (Fsp3) is 0.0476. The van der Waals surface area contributed by atoms with Crippen molar-refractivity contribution in [1.82, 2.24) is 0 Å². The molecule has 0 aliphatic rings. The molecule has 24 heavy (non-hydrogen) atoms. The van der Waals surface area contributed by atoms with Crippen molar-refractivity contribution in [3.05, 3.63) is 89.5 Å². The highest BCUT2D eigenvalue weighted by atomic mass is 19.2. The lowest BCUT2D eigenvalue weighted by Crippen LogP contribution is -1.95. The van der Waals surface area contributed by atoms with E-state index in [1.54, 1.807) is 0 Å². The molecule has 0 aliphatic carbocycles. The Kier molecular flexibility index (Phi) is 4.58. The van der Waals surface area contributed by atoms with E-state index in [-0.39, 0.29) is 11.3 Å². The minimum absolute atomic E-state index is 0.000404. The average Bonchev–Trinajstić information content (AvgIpc) is 2.64. The van der Waals surface area contributed by atoms with Crippen molar-refractivity contribution in [2.45, 2.75) is 0 Å². The highest BCUT2D eigenvalue weighted by molar-refractivity contribution is 5.64. The minimum Gasteiger partial charge on any atom is -0.494 e. The average molecular weight is 320 g/mol. The molecule has 0 spiro atoms. The largest absolute Gasteiger partial charge is 0.494 e. The van der Waals surface area contributed by atoms with E-state index in [2.05, 4.69) is 11.8 Å². The molecule has 118 valence electrons. The highest BCUT2D eigenvalue weighted by Crippen LogP contribution is 2.22. The van der Waals surface area contributed by atoms with Gasteiger partial charge in [-0.2, -0.15) is 4.39 Å². The third-order valence-corrected chi connectivity index (χ3v) is 3.60. The molecule has 0 heterocycles. The summed E-state index contributed by atoms with van der Waals surface area (Å²) in [7, 11) is 1.29. The molecular formula is C21H14F2O. The molecule has 3 aromatic rings. The maximum absolute atomic E-state index is 13.9. The lowest BCUT2D eigenvalue weighted by molar-refractivity contribution is 0.371. The van der Waals surface area contributed by atoms with Crippen LogP contribution in [0.2, 0.25) is 0 Å². The van der Waals surface area contributed by atoms with E-state index < -0.39 is 11.6 Å². The van der Waals surface area contributed by atoms with Gasteiger partial charge in [0.2, 0.25) is 5.82 Å². The van der Waals surface area contributed by atoms with Crippen LogP contribution in [0.1, 0.15) is 11.1 Å². The molecule has 0 saturated heterocycles. The number of hydrogen-bond donors (Lipinski definition) is 0. The van der Waals surface area contributed by atoms with Gasteiger partial charge in [0.1, 0.15) is 0 Å². The Bertz CT molecular complexity index is 904. The van der Waals surface area contributed by atoms with Crippen LogP contribution in [0.5, 0.6) is 5.75 Å². The van der Waals surface area contributed by atoms with E-state index in [9.17, 15) is 8.78 Å². The van der Waals surface area contributed by atoms with Gasteiger partial charge in [-0.3, -0.25) is 0 Å². The van der Waals surface area contributed by atoms with Crippen LogP contribution in [0, 0.1) is 23.5 Å². The predicted molar refractivity (Wildman–Crippen MR) is 90.8 cm³/mol. The molecular weight excluding hydrogens is 306 g/mol. The number of benzene rings is 3. The van der Waals surface area contributed by atoms with Gasteiger partial charge in [-0.15, -0.1) is 0 Å². The van der Waals surface area contributed by atoms with Crippen molar-refractivity contribution < 1.29 is 13.5 Å². The molecule has 0 aliphatic heterocycles. The highest BCUT2D eigenvalue weighted by Gasteiger charge is 2.12. The summed E-state index contributed by atoms with van der Waals surface area (Å²) in [6.45, 7) is 0. The summed E-state index contributed by atoms with van der Waals surface area (Å²) in [5, 5.41) is 0. The molecule has 3 rings (SSSR count). The molecule has 0 atom stereocenters. The van der Waals surface area contributed by atoms with Gasteiger partial charge in [-0.25, -0.2) is 4.39 Å². The van der Waals surface area contributed by atoms with Gasteiger partial charge in [-0.05, 0) is 35.4 Å². The maximum Gasteiger partial charge on any atom is 0.201 e. The Morgan fingerprint density at radius 2 is 1.38 bits per heavy atom. The summed E-state index contributed by atoms with van der Waals surface area (Å²) < 4.78 is 32.3. The molecule has 3 heteroatoms. The van der Waals surface area contributed by atoms with Gasteiger partial charge in [-0.1, -0.05) is 54.3 Å². The Morgan fingerprint density at radius 3 is 2.04 bits per heavy atom. The fourth-order valence-electron chi connectivity index (χ4n) is 2.30. The number of halogens is 2. The summed E-state index contributed by atoms with van der Waals surface area (Å²) in [6, 6.07) is 20.3. The summed E-state index contributed by atoms with van der Waals surface area (Å²) in [5.41, 5.74) is 2.91. The second-order valence-electron chi connectivity index (χ2n) is 5.14. The quantitative estimate of drug-likeness (QED) is 0.601. The van der Waals surface area contributed by atoms with Crippen LogP contribution in [0.25, 0.3) is 11.1 Å². The second-order valence-corrected chi connectivity index (χ2v) is 5.14. The van der Waals surface area contributed by atoms with Gasteiger partial charge in [0.15, 0.2) is 11.6 Å². The van der Waals surface area contributed by atoms with Crippen LogP contribution >= 0.6 is 0 Å². The molecule has 0 amide bonds. The van der Waals surface area contributed by atoms with Crippen LogP contribution in [-0.4, -0.2) is 7.11 Å². The number of hydrogen-bond acceptors (Lipinski definition) is 1. The SMILES string of the molecule is COc1ccc(C#Cc2ccc(-c3ccccc3)cc2)c(F)c1F. The molecule has 0 N–H and O–H groups in total. The monoisotopic (exact) mass is 320 g/mol. The van der Waals surface area contributed by atoms with Crippen molar-refractivity contribution in [3.63, 3.8) is 0 Å². The Labute approximate surface area is 139 Å². The predicted octanol–water partition coefficient (Wildman–Crippen LogP) is 5.04. The second kappa shape index (κ2) is 6.97. The zero-order chi connectivity index (χ0) is 16.9. The zero-order valence-corrected chi connectivity index (χ0v) is 13.0. The normalized spacial score (nSPS) is 9.96. The standard InChI is InChI=1S/C21H14F2O/c1-24-19-14-13-18(20(22)21(19)23)12-9-15-7-10-17(11-8-15)16-5-3-2-4-6-16/h2-8,10-11,13-14H,1H3. The first-order chi connectivity index (χ1) is 11.7. The van der Waals surface area contributed by atoms with Crippen LogP contribution < -0.4 is 4.74 Å².